The Labute approximate surface area is 383 Å². The van der Waals surface area contributed by atoms with E-state index >= 15 is 0 Å². The molecule has 0 amide bonds. The molecule has 0 saturated heterocycles. The van der Waals surface area contributed by atoms with Crippen molar-refractivity contribution in [2.24, 2.45) is 0 Å². The molecule has 0 radical (unpaired) electrons. The van der Waals surface area contributed by atoms with E-state index in [1.165, 1.54) is 0 Å². The molecule has 8 bridgehead atoms. The number of benzene rings is 4. The minimum Gasteiger partial charge on any atom is -0.494 e. The molecule has 3 aromatic heterocycles. The smallest absolute Gasteiger partial charge is 0.296 e. The second-order valence-electron chi connectivity index (χ2n) is 15.8. The zero-order valence-corrected chi connectivity index (χ0v) is 37.9. The molecule has 12 nitrogen and oxygen atoms in total. The Morgan fingerprint density at radius 2 is 0.848 bits per heavy atom. The lowest BCUT2D eigenvalue weighted by Gasteiger charge is -2.09. The summed E-state index contributed by atoms with van der Waals surface area (Å²) in [6.45, 7) is 4.36. The van der Waals surface area contributed by atoms with E-state index in [2.05, 4.69) is 9.97 Å². The SMILES string of the molecule is Cc1ccc(S(=O)(=O)OCCCOc2ccc(-c3c4nc(cc5ccc([nH]5)c(-c5ccc(OCCCOS(=O)(=O)c6ccc(C)cc6)cc5)c5nc(cc6ccc3[nH]6)C=C5)C=C4)cc2)cc1. The fraction of sp³-hybridized carbons (Fsp3) is 0.154. The molecule has 2 N–H and O–H groups in total. The normalized spacial score (nSPS) is 12.4. The summed E-state index contributed by atoms with van der Waals surface area (Å²) in [6, 6.07) is 40.8. The Balaban J connectivity index is 0.921. The van der Waals surface area contributed by atoms with Gasteiger partial charge in [-0.15, -0.1) is 0 Å². The molecule has 2 aliphatic rings. The van der Waals surface area contributed by atoms with Gasteiger partial charge in [0.1, 0.15) is 11.5 Å². The lowest BCUT2D eigenvalue weighted by Crippen LogP contribution is -2.10. The van der Waals surface area contributed by atoms with Crippen LogP contribution in [0.2, 0.25) is 0 Å². The van der Waals surface area contributed by atoms with Crippen molar-refractivity contribution in [2.75, 3.05) is 26.4 Å². The second-order valence-corrected chi connectivity index (χ2v) is 19.1. The van der Waals surface area contributed by atoms with E-state index in [0.717, 1.165) is 78.2 Å². The first kappa shape index (κ1) is 44.1. The van der Waals surface area contributed by atoms with Crippen molar-refractivity contribution in [3.63, 3.8) is 0 Å². The number of aryl methyl sites for hydroxylation is 2. The van der Waals surface area contributed by atoms with Crippen LogP contribution in [-0.2, 0) is 28.6 Å². The van der Waals surface area contributed by atoms with Crippen LogP contribution in [-0.4, -0.2) is 63.2 Å². The van der Waals surface area contributed by atoms with Gasteiger partial charge in [0.25, 0.3) is 20.2 Å². The van der Waals surface area contributed by atoms with Crippen molar-refractivity contribution in [3.05, 3.63) is 167 Å². The number of nitrogens with zero attached hydrogens (tertiary/aromatic N) is 2. The molecule has 334 valence electrons. The van der Waals surface area contributed by atoms with Crippen LogP contribution in [0.5, 0.6) is 11.5 Å². The summed E-state index contributed by atoms with van der Waals surface area (Å²) in [5, 5.41) is 0. The molecule has 0 saturated carbocycles. The molecule has 0 fully saturated rings. The highest BCUT2D eigenvalue weighted by Crippen LogP contribution is 2.34. The maximum absolute atomic E-state index is 12.5. The summed E-state index contributed by atoms with van der Waals surface area (Å²) in [6.07, 6.45) is 8.78. The monoisotopic (exact) mass is 918 g/mol. The fourth-order valence-corrected chi connectivity index (χ4v) is 9.38. The highest BCUT2D eigenvalue weighted by Gasteiger charge is 2.17. The molecule has 9 rings (SSSR count). The number of fused-ring (bicyclic) bond motifs is 8. The van der Waals surface area contributed by atoms with Gasteiger partial charge in [-0.25, -0.2) is 9.97 Å². The maximum Gasteiger partial charge on any atom is 0.296 e. The third-order valence-electron chi connectivity index (χ3n) is 10.9. The van der Waals surface area contributed by atoms with Gasteiger partial charge in [-0.2, -0.15) is 16.8 Å². The van der Waals surface area contributed by atoms with E-state index in [9.17, 15) is 16.8 Å². The van der Waals surface area contributed by atoms with Gasteiger partial charge in [-0.3, -0.25) is 8.37 Å². The average Bonchev–Trinajstić information content (AvgIpc) is 4.15. The van der Waals surface area contributed by atoms with Gasteiger partial charge in [0.2, 0.25) is 0 Å². The Kier molecular flexibility index (Phi) is 12.8. The lowest BCUT2D eigenvalue weighted by molar-refractivity contribution is 0.250. The first-order valence-corrected chi connectivity index (χ1v) is 24.3. The number of hydrogen-bond acceptors (Lipinski definition) is 10. The Morgan fingerprint density at radius 3 is 1.24 bits per heavy atom. The van der Waals surface area contributed by atoms with Crippen molar-refractivity contribution >= 4 is 66.6 Å². The van der Waals surface area contributed by atoms with Crippen molar-refractivity contribution in [1.82, 2.24) is 19.9 Å². The summed E-state index contributed by atoms with van der Waals surface area (Å²) in [7, 11) is -7.67. The largest absolute Gasteiger partial charge is 0.494 e. The molecule has 0 spiro atoms. The molecular weight excluding hydrogens is 873 g/mol. The topological polar surface area (TPSA) is 163 Å². The summed E-state index contributed by atoms with van der Waals surface area (Å²) in [5.41, 5.74) is 12.2. The average molecular weight is 919 g/mol. The van der Waals surface area contributed by atoms with Crippen LogP contribution in [0.25, 0.3) is 68.6 Å². The first-order valence-electron chi connectivity index (χ1n) is 21.4. The molecule has 66 heavy (non-hydrogen) atoms. The summed E-state index contributed by atoms with van der Waals surface area (Å²) < 4.78 is 72.5. The number of rotatable bonds is 16. The molecule has 7 aromatic rings. The maximum atomic E-state index is 12.5. The number of ether oxygens (including phenoxy) is 2. The quantitative estimate of drug-likeness (QED) is 0.0704. The summed E-state index contributed by atoms with van der Waals surface area (Å²) >= 11 is 0. The van der Waals surface area contributed by atoms with E-state index in [0.29, 0.717) is 24.3 Å². The number of nitrogens with one attached hydrogen (secondary N) is 2. The molecule has 0 aliphatic carbocycles. The van der Waals surface area contributed by atoms with Crippen LogP contribution in [0.15, 0.2) is 143 Å². The molecule has 5 heterocycles. The summed E-state index contributed by atoms with van der Waals surface area (Å²) in [4.78, 5) is 17.5. The van der Waals surface area contributed by atoms with Gasteiger partial charge < -0.3 is 19.4 Å². The van der Waals surface area contributed by atoms with Gasteiger partial charge in [0, 0.05) is 46.0 Å². The zero-order valence-electron chi connectivity index (χ0n) is 36.2. The van der Waals surface area contributed by atoms with Gasteiger partial charge in [-0.05, 0) is 134 Å². The number of aromatic amines is 2. The van der Waals surface area contributed by atoms with E-state index in [1.54, 1.807) is 48.5 Å². The fourth-order valence-electron chi connectivity index (χ4n) is 7.50. The summed E-state index contributed by atoms with van der Waals surface area (Å²) in [5.74, 6) is 1.29. The van der Waals surface area contributed by atoms with Crippen molar-refractivity contribution in [2.45, 2.75) is 36.5 Å². The van der Waals surface area contributed by atoms with Gasteiger partial charge in [0.15, 0.2) is 0 Å². The third-order valence-corrected chi connectivity index (χ3v) is 13.5. The minimum absolute atomic E-state index is 0.00326. The van der Waals surface area contributed by atoms with E-state index in [4.69, 9.17) is 27.8 Å². The van der Waals surface area contributed by atoms with Crippen LogP contribution < -0.4 is 9.47 Å². The standard InChI is InChI=1S/C52H46N4O8S2/c1-35-5-21-45(22-6-35)65(57,58)63-31-3-29-61-43-17-9-37(10-18-43)51-47-25-13-39(53-47)33-41-15-27-49(55-41)52(50-28-16-42(56-50)34-40-14-26-48(51)54-40)38-11-19-44(20-12-38)62-30-4-32-64-66(59,60)46-23-7-36(2)8-24-46/h5-28,33-34,53,56H,3-4,29-32H2,1-2H3. The van der Waals surface area contributed by atoms with Crippen LogP contribution in [0, 0.1) is 13.8 Å². The van der Waals surface area contributed by atoms with Crippen molar-refractivity contribution in [3.8, 4) is 33.8 Å². The third kappa shape index (κ3) is 10.4. The predicted octanol–water partition coefficient (Wildman–Crippen LogP) is 11.0. The Hall–Kier alpha value is -7.10. The van der Waals surface area contributed by atoms with Crippen LogP contribution in [0.1, 0.15) is 46.7 Å². The Morgan fingerprint density at radius 1 is 0.455 bits per heavy atom. The molecule has 0 unspecified atom stereocenters. The first-order chi connectivity index (χ1) is 32.0. The highest BCUT2D eigenvalue weighted by molar-refractivity contribution is 7.87. The van der Waals surface area contributed by atoms with E-state index < -0.39 is 20.2 Å². The van der Waals surface area contributed by atoms with Gasteiger partial charge in [0.05, 0.1) is 59.0 Å². The van der Waals surface area contributed by atoms with Crippen LogP contribution >= 0.6 is 0 Å². The number of aromatic nitrogens is 4. The van der Waals surface area contributed by atoms with Gasteiger partial charge in [-0.1, -0.05) is 59.7 Å². The molecule has 14 heteroatoms. The van der Waals surface area contributed by atoms with E-state index in [-0.39, 0.29) is 36.2 Å². The Bertz CT molecular complexity index is 3120. The van der Waals surface area contributed by atoms with Crippen LogP contribution in [0.3, 0.4) is 0 Å². The zero-order chi connectivity index (χ0) is 45.7. The van der Waals surface area contributed by atoms with Crippen molar-refractivity contribution in [1.29, 1.82) is 0 Å². The lowest BCUT2D eigenvalue weighted by atomic mass is 10.0. The van der Waals surface area contributed by atoms with Crippen LogP contribution in [0.4, 0.5) is 0 Å². The number of hydrogen-bond donors (Lipinski definition) is 2. The van der Waals surface area contributed by atoms with E-state index in [1.807, 2.05) is 123 Å². The predicted molar refractivity (Wildman–Crippen MR) is 259 cm³/mol. The minimum atomic E-state index is -3.84. The molecular formula is C52H46N4O8S2. The highest BCUT2D eigenvalue weighted by atomic mass is 32.2. The molecule has 4 aromatic carbocycles. The number of H-pyrrole nitrogens is 2. The van der Waals surface area contributed by atoms with Gasteiger partial charge >= 0.3 is 0 Å². The molecule has 2 aliphatic heterocycles. The van der Waals surface area contributed by atoms with Crippen molar-refractivity contribution < 1.29 is 34.7 Å². The molecule has 0 atom stereocenters. The second kappa shape index (κ2) is 19.2.